The van der Waals surface area contributed by atoms with E-state index in [4.69, 9.17) is 9.47 Å². The maximum atomic E-state index is 14.7. The Labute approximate surface area is 271 Å². The van der Waals surface area contributed by atoms with Crippen molar-refractivity contribution in [1.82, 2.24) is 10.2 Å². The molecular formula is C35H48N4O7. The molecule has 11 nitrogen and oxygen atoms in total. The standard InChI is InChI=1S/C35H48N4O7/c1-4-37(5-2)25-15-17-26(18-16-25)38-21-12-19-35-30(32(42)39(31(35)33(38)43)20-10-6-7-11-22-40)29-27(46-35)13-8-9-14-28(41)36-23-24(3)45-34(29)44/h8,12-13,15-19,24,27,29-31,40H,4-7,9-11,14,20-23H2,1-3H3,(H,36,41)/b13-8-/t24-,27-,29+,30+,31-,35+/m0/s1. The number of nitrogens with zero attached hydrogens (tertiary/aromatic N) is 3. The Morgan fingerprint density at radius 1 is 1.00 bits per heavy atom. The number of likely N-dealkylation sites (tertiary alicyclic amines) is 1. The molecule has 6 atom stereocenters. The van der Waals surface area contributed by atoms with Gasteiger partial charge < -0.3 is 34.6 Å². The molecule has 1 aromatic rings. The number of esters is 1. The minimum absolute atomic E-state index is 0.108. The highest BCUT2D eigenvalue weighted by Crippen LogP contribution is 2.53. The first-order valence-corrected chi connectivity index (χ1v) is 16.8. The zero-order valence-corrected chi connectivity index (χ0v) is 27.2. The van der Waals surface area contributed by atoms with Crippen molar-refractivity contribution >= 4 is 35.1 Å². The fourth-order valence-corrected chi connectivity index (χ4v) is 7.31. The highest BCUT2D eigenvalue weighted by atomic mass is 16.6. The molecule has 11 heteroatoms. The molecule has 2 fully saturated rings. The second kappa shape index (κ2) is 14.8. The number of ether oxygens (including phenoxy) is 2. The van der Waals surface area contributed by atoms with Crippen molar-refractivity contribution in [3.63, 3.8) is 0 Å². The van der Waals surface area contributed by atoms with Gasteiger partial charge in [0.25, 0.3) is 5.91 Å². The van der Waals surface area contributed by atoms with Crippen molar-refractivity contribution in [3.05, 3.63) is 48.6 Å². The van der Waals surface area contributed by atoms with E-state index in [0.29, 0.717) is 25.8 Å². The third-order valence-corrected chi connectivity index (χ3v) is 9.63. The molecule has 0 bridgehead atoms. The largest absolute Gasteiger partial charge is 0.460 e. The maximum absolute atomic E-state index is 14.7. The quantitative estimate of drug-likeness (QED) is 0.228. The molecule has 1 aromatic carbocycles. The molecule has 3 amide bonds. The zero-order chi connectivity index (χ0) is 32.8. The number of benzene rings is 1. The van der Waals surface area contributed by atoms with Crippen LogP contribution in [0.5, 0.6) is 0 Å². The van der Waals surface area contributed by atoms with E-state index in [-0.39, 0.29) is 43.8 Å². The monoisotopic (exact) mass is 636 g/mol. The molecule has 4 aliphatic rings. The molecular weight excluding hydrogens is 588 g/mol. The number of anilines is 2. The average Bonchev–Trinajstić information content (AvgIpc) is 3.43. The van der Waals surface area contributed by atoms with Crippen LogP contribution in [-0.4, -0.2) is 96.9 Å². The molecule has 0 radical (unpaired) electrons. The second-order valence-corrected chi connectivity index (χ2v) is 12.6. The lowest BCUT2D eigenvalue weighted by atomic mass is 9.78. The summed E-state index contributed by atoms with van der Waals surface area (Å²) in [5, 5.41) is 12.0. The summed E-state index contributed by atoms with van der Waals surface area (Å²) >= 11 is 0. The number of aliphatic hydroxyl groups excluding tert-OH is 1. The van der Waals surface area contributed by atoms with Gasteiger partial charge in [0.1, 0.15) is 23.7 Å². The van der Waals surface area contributed by atoms with Gasteiger partial charge in [0.05, 0.1) is 18.6 Å². The lowest BCUT2D eigenvalue weighted by Crippen LogP contribution is -2.55. The number of carbonyl (C=O) groups excluding carboxylic acids is 4. The molecule has 0 aliphatic carbocycles. The Bertz CT molecular complexity index is 1330. The first-order chi connectivity index (χ1) is 22.2. The highest BCUT2D eigenvalue weighted by molar-refractivity contribution is 6.05. The van der Waals surface area contributed by atoms with Crippen LogP contribution in [-0.2, 0) is 28.7 Å². The fourth-order valence-electron chi connectivity index (χ4n) is 7.31. The number of cyclic esters (lactones) is 1. The van der Waals surface area contributed by atoms with Crippen LogP contribution in [0.3, 0.4) is 0 Å². The maximum Gasteiger partial charge on any atom is 0.313 e. The molecule has 250 valence electrons. The molecule has 2 N–H and O–H groups in total. The van der Waals surface area contributed by atoms with Gasteiger partial charge in [0.2, 0.25) is 11.8 Å². The minimum Gasteiger partial charge on any atom is -0.460 e. The van der Waals surface area contributed by atoms with Gasteiger partial charge in [-0.25, -0.2) is 0 Å². The first kappa shape index (κ1) is 33.7. The first-order valence-electron chi connectivity index (χ1n) is 16.8. The van der Waals surface area contributed by atoms with Crippen LogP contribution in [0.2, 0.25) is 0 Å². The average molecular weight is 637 g/mol. The third-order valence-electron chi connectivity index (χ3n) is 9.63. The highest BCUT2D eigenvalue weighted by Gasteiger charge is 2.71. The number of nitrogens with one attached hydrogen (secondary N) is 1. The van der Waals surface area contributed by atoms with Gasteiger partial charge in [-0.05, 0) is 64.3 Å². The van der Waals surface area contributed by atoms with Crippen molar-refractivity contribution in [1.29, 1.82) is 0 Å². The molecule has 5 rings (SSSR count). The summed E-state index contributed by atoms with van der Waals surface area (Å²) in [4.78, 5) is 60.7. The van der Waals surface area contributed by atoms with Gasteiger partial charge in [-0.1, -0.05) is 37.1 Å². The number of allylic oxidation sites excluding steroid dienone is 1. The van der Waals surface area contributed by atoms with Crippen molar-refractivity contribution in [2.24, 2.45) is 11.8 Å². The number of rotatable bonds is 10. The zero-order valence-electron chi connectivity index (χ0n) is 27.2. The number of fused-ring (bicyclic) bond motifs is 2. The smallest absolute Gasteiger partial charge is 0.313 e. The summed E-state index contributed by atoms with van der Waals surface area (Å²) in [6.07, 6.45) is 9.48. The van der Waals surface area contributed by atoms with Crippen molar-refractivity contribution in [3.8, 4) is 0 Å². The predicted octanol–water partition coefficient (Wildman–Crippen LogP) is 2.97. The molecule has 4 aliphatic heterocycles. The van der Waals surface area contributed by atoms with E-state index < -0.39 is 41.7 Å². The van der Waals surface area contributed by atoms with Gasteiger partial charge in [-0.3, -0.25) is 19.2 Å². The van der Waals surface area contributed by atoms with Crippen molar-refractivity contribution in [2.75, 3.05) is 49.1 Å². The van der Waals surface area contributed by atoms with Gasteiger partial charge in [-0.2, -0.15) is 0 Å². The molecule has 2 saturated heterocycles. The van der Waals surface area contributed by atoms with Crippen LogP contribution in [0.1, 0.15) is 59.3 Å². The second-order valence-electron chi connectivity index (χ2n) is 12.6. The van der Waals surface area contributed by atoms with E-state index in [1.807, 2.05) is 36.4 Å². The van der Waals surface area contributed by atoms with Crippen LogP contribution in [0.25, 0.3) is 0 Å². The summed E-state index contributed by atoms with van der Waals surface area (Å²) in [5.74, 6) is -3.18. The summed E-state index contributed by atoms with van der Waals surface area (Å²) in [6.45, 7) is 8.53. The van der Waals surface area contributed by atoms with E-state index in [9.17, 15) is 24.3 Å². The number of unbranched alkanes of at least 4 members (excludes halogenated alkanes) is 3. The Balaban J connectivity index is 1.52. The van der Waals surface area contributed by atoms with Gasteiger partial charge in [0.15, 0.2) is 0 Å². The van der Waals surface area contributed by atoms with Crippen LogP contribution < -0.4 is 15.1 Å². The molecule has 1 spiro atoms. The van der Waals surface area contributed by atoms with E-state index >= 15 is 0 Å². The summed E-state index contributed by atoms with van der Waals surface area (Å²) in [6, 6.07) is 6.91. The lowest BCUT2D eigenvalue weighted by molar-refractivity contribution is -0.158. The number of hydrogen-bond donors (Lipinski definition) is 2. The van der Waals surface area contributed by atoms with E-state index in [1.165, 1.54) is 0 Å². The minimum atomic E-state index is -1.37. The Morgan fingerprint density at radius 3 is 2.46 bits per heavy atom. The van der Waals surface area contributed by atoms with Gasteiger partial charge >= 0.3 is 5.97 Å². The van der Waals surface area contributed by atoms with E-state index in [1.54, 1.807) is 28.9 Å². The molecule has 4 heterocycles. The van der Waals surface area contributed by atoms with Gasteiger partial charge in [-0.15, -0.1) is 0 Å². The van der Waals surface area contributed by atoms with E-state index in [2.05, 4.69) is 24.1 Å². The number of aliphatic hydroxyl groups is 1. The molecule has 0 unspecified atom stereocenters. The summed E-state index contributed by atoms with van der Waals surface area (Å²) in [5.41, 5.74) is 0.413. The third kappa shape index (κ3) is 6.57. The van der Waals surface area contributed by atoms with Gasteiger partial charge in [0, 0.05) is 50.6 Å². The lowest BCUT2D eigenvalue weighted by Gasteiger charge is -2.35. The van der Waals surface area contributed by atoms with Crippen molar-refractivity contribution in [2.45, 2.75) is 83.1 Å². The van der Waals surface area contributed by atoms with Crippen LogP contribution >= 0.6 is 0 Å². The number of hydrogen-bond acceptors (Lipinski definition) is 8. The van der Waals surface area contributed by atoms with Crippen LogP contribution in [0.4, 0.5) is 11.4 Å². The normalized spacial score (nSPS) is 30.4. The number of amides is 3. The van der Waals surface area contributed by atoms with Crippen LogP contribution in [0, 0.1) is 11.8 Å². The SMILES string of the molecule is CCN(CC)c1ccc(N2CC=C[C@@]34O[C@H]5/C=C\CCC(=O)NC[C@H](C)OC(=O)[C@H]5[C@@H]3C(=O)N(CCCCCCO)[C@H]4C2=O)cc1. The van der Waals surface area contributed by atoms with E-state index in [0.717, 1.165) is 37.3 Å². The fraction of sp³-hybridized carbons (Fsp3) is 0.600. The Morgan fingerprint density at radius 2 is 1.74 bits per heavy atom. The molecule has 0 aromatic heterocycles. The summed E-state index contributed by atoms with van der Waals surface area (Å²) < 4.78 is 12.5. The van der Waals surface area contributed by atoms with Crippen LogP contribution in [0.15, 0.2) is 48.6 Å². The predicted molar refractivity (Wildman–Crippen MR) is 174 cm³/mol. The van der Waals surface area contributed by atoms with Crippen molar-refractivity contribution < 1.29 is 33.8 Å². The Hall–Kier alpha value is -3.70. The molecule has 0 saturated carbocycles. The molecule has 46 heavy (non-hydrogen) atoms. The topological polar surface area (TPSA) is 129 Å². The Kier molecular flexibility index (Phi) is 10.8. The number of carbonyl (C=O) groups is 4. The summed E-state index contributed by atoms with van der Waals surface area (Å²) in [7, 11) is 0.